The van der Waals surface area contributed by atoms with E-state index in [1.165, 1.54) is 6.20 Å². The first-order valence-electron chi connectivity index (χ1n) is 8.61. The molecule has 0 unspecified atom stereocenters. The molecule has 0 fully saturated rings. The minimum absolute atomic E-state index is 0.371. The molecule has 1 amide bonds. The maximum absolute atomic E-state index is 12.4. The lowest BCUT2D eigenvalue weighted by Gasteiger charge is -2.14. The number of rotatable bonds is 10. The third kappa shape index (κ3) is 5.71. The Labute approximate surface area is 147 Å². The Morgan fingerprint density at radius 3 is 2.72 bits per heavy atom. The summed E-state index contributed by atoms with van der Waals surface area (Å²) in [6.07, 6.45) is 8.60. The summed E-state index contributed by atoms with van der Waals surface area (Å²) in [6.45, 7) is 3.68. The van der Waals surface area contributed by atoms with Crippen LogP contribution in [0.15, 0.2) is 49.2 Å². The number of aliphatic carboxylic acids is 1. The molecule has 2 aromatic rings. The van der Waals surface area contributed by atoms with Gasteiger partial charge in [-0.2, -0.15) is 0 Å². The largest absolute Gasteiger partial charge is 0.480 e. The highest BCUT2D eigenvalue weighted by Crippen LogP contribution is 2.13. The number of benzene rings is 1. The summed E-state index contributed by atoms with van der Waals surface area (Å²) in [5.74, 6) is -1.41. The number of nitrogens with one attached hydrogen (secondary N) is 1. The molecule has 0 aliphatic heterocycles. The summed E-state index contributed by atoms with van der Waals surface area (Å²) in [4.78, 5) is 28.0. The van der Waals surface area contributed by atoms with Crippen molar-refractivity contribution in [2.75, 3.05) is 0 Å². The summed E-state index contributed by atoms with van der Waals surface area (Å²) < 4.78 is 0. The molecule has 1 aromatic heterocycles. The second-order valence-corrected chi connectivity index (χ2v) is 6.06. The van der Waals surface area contributed by atoms with E-state index in [4.69, 9.17) is 0 Å². The maximum Gasteiger partial charge on any atom is 0.326 e. The zero-order valence-electron chi connectivity index (χ0n) is 14.3. The van der Waals surface area contributed by atoms with Gasteiger partial charge in [0.1, 0.15) is 6.04 Å². The summed E-state index contributed by atoms with van der Waals surface area (Å²) in [6, 6.07) is 8.34. The number of nitrogens with zero attached hydrogens (tertiary/aromatic N) is 1. The van der Waals surface area contributed by atoms with Gasteiger partial charge in [0.05, 0.1) is 11.1 Å². The number of carboxylic acid groups (broad SMARTS) is 1. The van der Waals surface area contributed by atoms with Gasteiger partial charge in [0.25, 0.3) is 5.91 Å². The van der Waals surface area contributed by atoms with Crippen LogP contribution >= 0.6 is 0 Å². The van der Waals surface area contributed by atoms with Crippen LogP contribution in [0, 0.1) is 0 Å². The van der Waals surface area contributed by atoms with Gasteiger partial charge in [-0.05, 0) is 31.4 Å². The van der Waals surface area contributed by atoms with Gasteiger partial charge in [0, 0.05) is 11.6 Å². The number of hydrogen-bond donors (Lipinski definition) is 2. The van der Waals surface area contributed by atoms with Crippen molar-refractivity contribution in [1.29, 1.82) is 0 Å². The molecule has 2 N–H and O–H groups in total. The molecule has 1 aromatic carbocycles. The van der Waals surface area contributed by atoms with Gasteiger partial charge in [-0.3, -0.25) is 9.78 Å². The molecule has 0 saturated heterocycles. The molecule has 0 saturated carbocycles. The first-order valence-corrected chi connectivity index (χ1v) is 8.61. The van der Waals surface area contributed by atoms with Gasteiger partial charge in [-0.25, -0.2) is 4.79 Å². The standard InChI is InChI=1S/C20H24N2O3/c1-2-3-4-5-6-7-12-18(20(24)25)22-19(23)16-13-15-10-8-9-11-17(15)21-14-16/h2,8-11,13-14,18H,1,3-7,12H2,(H,22,23)(H,24,25)/t18-/m0/s1. The van der Waals surface area contributed by atoms with Crippen LogP contribution in [0.2, 0.25) is 0 Å². The van der Waals surface area contributed by atoms with Gasteiger partial charge < -0.3 is 10.4 Å². The number of para-hydroxylation sites is 1. The normalized spacial score (nSPS) is 11.8. The molecule has 25 heavy (non-hydrogen) atoms. The van der Waals surface area contributed by atoms with E-state index in [-0.39, 0.29) is 0 Å². The smallest absolute Gasteiger partial charge is 0.326 e. The molecule has 2 rings (SSSR count). The minimum Gasteiger partial charge on any atom is -0.480 e. The van der Waals surface area contributed by atoms with Gasteiger partial charge in [-0.1, -0.05) is 43.5 Å². The molecule has 5 nitrogen and oxygen atoms in total. The molecular weight excluding hydrogens is 316 g/mol. The molecule has 1 heterocycles. The van der Waals surface area contributed by atoms with Crippen LogP contribution in [0.5, 0.6) is 0 Å². The second kappa shape index (κ2) is 9.57. The lowest BCUT2D eigenvalue weighted by molar-refractivity contribution is -0.139. The summed E-state index contributed by atoms with van der Waals surface area (Å²) in [7, 11) is 0. The summed E-state index contributed by atoms with van der Waals surface area (Å²) in [5, 5.41) is 12.8. The highest BCUT2D eigenvalue weighted by atomic mass is 16.4. The van der Waals surface area contributed by atoms with Crippen LogP contribution in [0.3, 0.4) is 0 Å². The van der Waals surface area contributed by atoms with E-state index >= 15 is 0 Å². The maximum atomic E-state index is 12.4. The number of carbonyl (C=O) groups is 2. The molecule has 0 aliphatic carbocycles. The molecule has 0 radical (unpaired) electrons. The van der Waals surface area contributed by atoms with E-state index in [0.29, 0.717) is 12.0 Å². The van der Waals surface area contributed by atoms with E-state index in [0.717, 1.165) is 43.0 Å². The Kier molecular flexibility index (Phi) is 7.14. The van der Waals surface area contributed by atoms with E-state index < -0.39 is 17.9 Å². The predicted octanol–water partition coefficient (Wildman–Crippen LogP) is 3.94. The van der Waals surface area contributed by atoms with Crippen molar-refractivity contribution >= 4 is 22.8 Å². The van der Waals surface area contributed by atoms with Gasteiger partial charge in [0.2, 0.25) is 0 Å². The SMILES string of the molecule is C=CCCCCCC[C@H](NC(=O)c1cnc2ccccc2c1)C(=O)O. The lowest BCUT2D eigenvalue weighted by atomic mass is 10.1. The monoisotopic (exact) mass is 340 g/mol. The predicted molar refractivity (Wildman–Crippen MR) is 98.5 cm³/mol. The van der Waals surface area contributed by atoms with Gasteiger partial charge in [0.15, 0.2) is 0 Å². The third-order valence-electron chi connectivity index (χ3n) is 4.11. The molecule has 132 valence electrons. The van der Waals surface area contributed by atoms with Crippen molar-refractivity contribution < 1.29 is 14.7 Å². The van der Waals surface area contributed by atoms with Crippen molar-refractivity contribution in [3.05, 3.63) is 54.7 Å². The van der Waals surface area contributed by atoms with Crippen LogP contribution in [-0.2, 0) is 4.79 Å². The van der Waals surface area contributed by atoms with Crippen molar-refractivity contribution in [3.8, 4) is 0 Å². The number of aromatic nitrogens is 1. The Hall–Kier alpha value is -2.69. The Morgan fingerprint density at radius 2 is 1.96 bits per heavy atom. The average molecular weight is 340 g/mol. The zero-order valence-corrected chi connectivity index (χ0v) is 14.3. The number of allylic oxidation sites excluding steroid dienone is 1. The lowest BCUT2D eigenvalue weighted by Crippen LogP contribution is -2.40. The Balaban J connectivity index is 1.92. The molecule has 0 bridgehead atoms. The van der Waals surface area contributed by atoms with E-state index in [1.807, 2.05) is 30.3 Å². The van der Waals surface area contributed by atoms with Gasteiger partial charge >= 0.3 is 5.97 Å². The molecule has 0 aliphatic rings. The molecule has 5 heteroatoms. The topological polar surface area (TPSA) is 79.3 Å². The molecule has 0 spiro atoms. The number of hydrogen-bond acceptors (Lipinski definition) is 3. The van der Waals surface area contributed by atoms with E-state index in [9.17, 15) is 14.7 Å². The Morgan fingerprint density at radius 1 is 1.20 bits per heavy atom. The molecule has 1 atom stereocenters. The third-order valence-corrected chi connectivity index (χ3v) is 4.11. The van der Waals surface area contributed by atoms with E-state index in [1.54, 1.807) is 6.07 Å². The van der Waals surface area contributed by atoms with Crippen LogP contribution in [0.25, 0.3) is 10.9 Å². The van der Waals surface area contributed by atoms with Crippen molar-refractivity contribution in [2.45, 2.75) is 44.6 Å². The highest BCUT2D eigenvalue weighted by Gasteiger charge is 2.20. The number of carboxylic acids is 1. The fraction of sp³-hybridized carbons (Fsp3) is 0.350. The number of unbranched alkanes of at least 4 members (excludes halogenated alkanes) is 4. The van der Waals surface area contributed by atoms with Crippen molar-refractivity contribution in [3.63, 3.8) is 0 Å². The number of pyridine rings is 1. The highest BCUT2D eigenvalue weighted by molar-refractivity contribution is 5.99. The molecular formula is C20H24N2O3. The Bertz CT molecular complexity index is 743. The fourth-order valence-corrected chi connectivity index (χ4v) is 2.68. The number of carbonyl (C=O) groups excluding carboxylic acids is 1. The van der Waals surface area contributed by atoms with E-state index in [2.05, 4.69) is 16.9 Å². The second-order valence-electron chi connectivity index (χ2n) is 6.06. The zero-order chi connectivity index (χ0) is 18.1. The number of fused-ring (bicyclic) bond motifs is 1. The van der Waals surface area contributed by atoms with Crippen LogP contribution < -0.4 is 5.32 Å². The average Bonchev–Trinajstić information content (AvgIpc) is 2.62. The summed E-state index contributed by atoms with van der Waals surface area (Å²) in [5.41, 5.74) is 1.17. The summed E-state index contributed by atoms with van der Waals surface area (Å²) >= 11 is 0. The minimum atomic E-state index is -1.01. The fourth-order valence-electron chi connectivity index (χ4n) is 2.68. The van der Waals surface area contributed by atoms with Gasteiger partial charge in [-0.15, -0.1) is 6.58 Å². The van der Waals surface area contributed by atoms with Crippen LogP contribution in [0.1, 0.15) is 48.9 Å². The first-order chi connectivity index (χ1) is 12.1. The first kappa shape index (κ1) is 18.6. The van der Waals surface area contributed by atoms with Crippen molar-refractivity contribution in [2.24, 2.45) is 0 Å². The van der Waals surface area contributed by atoms with Crippen LogP contribution in [-0.4, -0.2) is 28.0 Å². The quantitative estimate of drug-likeness (QED) is 0.507. The number of amides is 1. The van der Waals surface area contributed by atoms with Crippen LogP contribution in [0.4, 0.5) is 0 Å². The van der Waals surface area contributed by atoms with Crippen molar-refractivity contribution in [1.82, 2.24) is 10.3 Å².